The lowest BCUT2D eigenvalue weighted by molar-refractivity contribution is 0.0686. The largest absolute Gasteiger partial charge is 0.422 e. The Kier molecular flexibility index (Phi) is 6.65. The molecule has 0 aliphatic carbocycles. The summed E-state index contributed by atoms with van der Waals surface area (Å²) in [5, 5.41) is 3.97. The summed E-state index contributed by atoms with van der Waals surface area (Å²) in [5.74, 6) is 0.371. The summed E-state index contributed by atoms with van der Waals surface area (Å²) in [5.41, 5.74) is 0.798. The number of hydrogen-bond acceptors (Lipinski definition) is 4. The van der Waals surface area contributed by atoms with Crippen molar-refractivity contribution in [2.45, 2.75) is 19.8 Å². The first-order valence-electron chi connectivity index (χ1n) is 8.18. The van der Waals surface area contributed by atoms with E-state index in [9.17, 15) is 9.59 Å². The van der Waals surface area contributed by atoms with E-state index in [2.05, 4.69) is 21.2 Å². The second-order valence-corrected chi connectivity index (χ2v) is 7.24. The van der Waals surface area contributed by atoms with Gasteiger partial charge in [-0.05, 0) is 63.0 Å². The Bertz CT molecular complexity index is 829. The molecule has 0 atom stereocenters. The van der Waals surface area contributed by atoms with Gasteiger partial charge >= 0.3 is 5.63 Å². The van der Waals surface area contributed by atoms with E-state index in [4.69, 9.17) is 4.42 Å². The molecule has 1 N–H and O–H groups in total. The van der Waals surface area contributed by atoms with E-state index in [0.29, 0.717) is 30.2 Å². The summed E-state index contributed by atoms with van der Waals surface area (Å²) in [6.07, 6.45) is 1.91. The molecule has 1 aliphatic rings. The van der Waals surface area contributed by atoms with Crippen LogP contribution < -0.4 is 10.9 Å². The highest BCUT2D eigenvalue weighted by Gasteiger charge is 2.27. The van der Waals surface area contributed by atoms with Gasteiger partial charge in [-0.3, -0.25) is 4.79 Å². The molecule has 0 unspecified atom stereocenters. The van der Waals surface area contributed by atoms with Crippen LogP contribution in [0.2, 0.25) is 0 Å². The van der Waals surface area contributed by atoms with Crippen LogP contribution in [0.4, 0.5) is 0 Å². The highest BCUT2D eigenvalue weighted by Crippen LogP contribution is 2.25. The molecule has 0 saturated carbocycles. The third-order valence-electron chi connectivity index (χ3n) is 4.74. The van der Waals surface area contributed by atoms with Gasteiger partial charge in [0, 0.05) is 22.9 Å². The van der Waals surface area contributed by atoms with Crippen LogP contribution in [0.25, 0.3) is 11.0 Å². The number of carbonyl (C=O) groups is 1. The molecule has 25 heavy (non-hydrogen) atoms. The standard InChI is InChI=1S/C18H21BrN2O3.ClH/c1-11-14-9-13(19)3-4-15(14)24-18(23)16(11)17(22)21-7-5-12(6-8-21)10-20-2;/h3-4,9,12,20H,5-8,10H2,1-2H3;1H. The molecule has 136 valence electrons. The van der Waals surface area contributed by atoms with Crippen molar-refractivity contribution < 1.29 is 9.21 Å². The monoisotopic (exact) mass is 428 g/mol. The van der Waals surface area contributed by atoms with Crippen LogP contribution in [0.3, 0.4) is 0 Å². The number of piperidine rings is 1. The third kappa shape index (κ3) is 4.07. The topological polar surface area (TPSA) is 62.6 Å². The summed E-state index contributed by atoms with van der Waals surface area (Å²) in [7, 11) is 1.94. The molecule has 1 fully saturated rings. The Balaban J connectivity index is 0.00000225. The van der Waals surface area contributed by atoms with Gasteiger partial charge in [-0.15, -0.1) is 12.4 Å². The molecule has 0 bridgehead atoms. The van der Waals surface area contributed by atoms with Crippen LogP contribution >= 0.6 is 28.3 Å². The van der Waals surface area contributed by atoms with Crippen LogP contribution in [0.1, 0.15) is 28.8 Å². The first kappa shape index (κ1) is 19.9. The summed E-state index contributed by atoms with van der Waals surface area (Å²) >= 11 is 3.42. The van der Waals surface area contributed by atoms with Gasteiger partial charge in [0.15, 0.2) is 0 Å². The maximum Gasteiger partial charge on any atom is 0.349 e. The van der Waals surface area contributed by atoms with Crippen LogP contribution in [0.5, 0.6) is 0 Å². The number of amides is 1. The van der Waals surface area contributed by atoms with E-state index in [1.165, 1.54) is 0 Å². The summed E-state index contributed by atoms with van der Waals surface area (Å²) in [6.45, 7) is 4.14. The first-order chi connectivity index (χ1) is 11.5. The van der Waals surface area contributed by atoms with Crippen molar-refractivity contribution in [1.29, 1.82) is 0 Å². The van der Waals surface area contributed by atoms with Crippen molar-refractivity contribution in [3.8, 4) is 0 Å². The van der Waals surface area contributed by atoms with E-state index >= 15 is 0 Å². The SMILES string of the molecule is CNCC1CCN(C(=O)c2c(C)c3cc(Br)ccc3oc2=O)CC1.Cl. The first-order valence-corrected chi connectivity index (χ1v) is 8.97. The van der Waals surface area contributed by atoms with E-state index in [0.717, 1.165) is 29.2 Å². The molecular weight excluding hydrogens is 408 g/mol. The summed E-state index contributed by atoms with van der Waals surface area (Å²) in [6, 6.07) is 5.44. The fourth-order valence-corrected chi connectivity index (χ4v) is 3.72. The summed E-state index contributed by atoms with van der Waals surface area (Å²) < 4.78 is 6.25. The number of aryl methyl sites for hydroxylation is 1. The molecule has 1 aromatic carbocycles. The van der Waals surface area contributed by atoms with Crippen molar-refractivity contribution in [2.75, 3.05) is 26.7 Å². The molecule has 3 rings (SSSR count). The minimum Gasteiger partial charge on any atom is -0.422 e. The molecule has 1 amide bonds. The highest BCUT2D eigenvalue weighted by atomic mass is 79.9. The van der Waals surface area contributed by atoms with E-state index in [1.807, 2.05) is 26.1 Å². The number of carbonyl (C=O) groups excluding carboxylic acids is 1. The smallest absolute Gasteiger partial charge is 0.349 e. The third-order valence-corrected chi connectivity index (χ3v) is 5.23. The molecule has 0 spiro atoms. The maximum absolute atomic E-state index is 12.9. The van der Waals surface area contributed by atoms with Gasteiger partial charge in [0.05, 0.1) is 0 Å². The number of hydrogen-bond donors (Lipinski definition) is 1. The zero-order valence-electron chi connectivity index (χ0n) is 14.3. The molecule has 5 nitrogen and oxygen atoms in total. The number of nitrogens with zero attached hydrogens (tertiary/aromatic N) is 1. The lowest BCUT2D eigenvalue weighted by atomic mass is 9.96. The van der Waals surface area contributed by atoms with Crippen LogP contribution in [0, 0.1) is 12.8 Å². The molecule has 0 radical (unpaired) electrons. The number of nitrogens with one attached hydrogen (secondary N) is 1. The molecular formula is C18H22BrClN2O3. The second-order valence-electron chi connectivity index (χ2n) is 6.32. The Hall–Kier alpha value is -1.37. The van der Waals surface area contributed by atoms with Crippen molar-refractivity contribution in [1.82, 2.24) is 10.2 Å². The maximum atomic E-state index is 12.9. The highest BCUT2D eigenvalue weighted by molar-refractivity contribution is 9.10. The molecule has 1 aromatic heterocycles. The fraction of sp³-hybridized carbons (Fsp3) is 0.444. The quantitative estimate of drug-likeness (QED) is 0.760. The number of halogens is 2. The van der Waals surface area contributed by atoms with Gasteiger partial charge in [-0.2, -0.15) is 0 Å². The average Bonchev–Trinajstić information content (AvgIpc) is 2.56. The Labute approximate surface area is 161 Å². The van der Waals surface area contributed by atoms with Crippen molar-refractivity contribution >= 4 is 45.2 Å². The minimum atomic E-state index is -0.551. The molecule has 2 aromatic rings. The lowest BCUT2D eigenvalue weighted by Gasteiger charge is -2.32. The van der Waals surface area contributed by atoms with Crippen LogP contribution in [-0.2, 0) is 0 Å². The predicted octanol–water partition coefficient (Wildman–Crippen LogP) is 3.36. The lowest BCUT2D eigenvalue weighted by Crippen LogP contribution is -2.42. The number of fused-ring (bicyclic) bond motifs is 1. The average molecular weight is 430 g/mol. The zero-order valence-corrected chi connectivity index (χ0v) is 16.7. The zero-order chi connectivity index (χ0) is 17.3. The Morgan fingerprint density at radius 2 is 2.04 bits per heavy atom. The van der Waals surface area contributed by atoms with E-state index < -0.39 is 5.63 Å². The van der Waals surface area contributed by atoms with Gasteiger partial charge in [-0.25, -0.2) is 4.79 Å². The van der Waals surface area contributed by atoms with Crippen LogP contribution in [0.15, 0.2) is 31.9 Å². The Morgan fingerprint density at radius 1 is 1.36 bits per heavy atom. The second kappa shape index (κ2) is 8.34. The van der Waals surface area contributed by atoms with E-state index in [1.54, 1.807) is 11.0 Å². The molecule has 1 aliphatic heterocycles. The Morgan fingerprint density at radius 3 is 2.68 bits per heavy atom. The van der Waals surface area contributed by atoms with Crippen LogP contribution in [-0.4, -0.2) is 37.5 Å². The summed E-state index contributed by atoms with van der Waals surface area (Å²) in [4.78, 5) is 27.0. The molecule has 7 heteroatoms. The van der Waals surface area contributed by atoms with Crippen molar-refractivity contribution in [3.05, 3.63) is 44.2 Å². The molecule has 2 heterocycles. The van der Waals surface area contributed by atoms with Crippen molar-refractivity contribution in [3.63, 3.8) is 0 Å². The predicted molar refractivity (Wildman–Crippen MR) is 105 cm³/mol. The van der Waals surface area contributed by atoms with E-state index in [-0.39, 0.29) is 23.9 Å². The number of likely N-dealkylation sites (tertiary alicyclic amines) is 1. The minimum absolute atomic E-state index is 0. The van der Waals surface area contributed by atoms with Gasteiger partial charge in [0.1, 0.15) is 11.1 Å². The van der Waals surface area contributed by atoms with Gasteiger partial charge in [0.2, 0.25) is 0 Å². The number of rotatable bonds is 3. The van der Waals surface area contributed by atoms with Gasteiger partial charge in [-0.1, -0.05) is 15.9 Å². The fourth-order valence-electron chi connectivity index (χ4n) is 3.36. The van der Waals surface area contributed by atoms with Crippen molar-refractivity contribution in [2.24, 2.45) is 5.92 Å². The molecule has 1 saturated heterocycles. The van der Waals surface area contributed by atoms with Gasteiger partial charge < -0.3 is 14.6 Å². The number of benzene rings is 1. The van der Waals surface area contributed by atoms with Gasteiger partial charge in [0.25, 0.3) is 5.91 Å². The normalized spacial score (nSPS) is 15.2.